The van der Waals surface area contributed by atoms with Gasteiger partial charge in [0.25, 0.3) is 0 Å². The van der Waals surface area contributed by atoms with Gasteiger partial charge >= 0.3 is 12.2 Å². The van der Waals surface area contributed by atoms with Gasteiger partial charge in [-0.05, 0) is 39.8 Å². The van der Waals surface area contributed by atoms with Crippen LogP contribution in [0.4, 0.5) is 9.59 Å². The van der Waals surface area contributed by atoms with Crippen molar-refractivity contribution in [3.8, 4) is 23.0 Å². The molecular formula is C24H28N2O6S. The van der Waals surface area contributed by atoms with E-state index in [1.165, 1.54) is 11.8 Å². The van der Waals surface area contributed by atoms with Crippen molar-refractivity contribution < 1.29 is 28.5 Å². The molecule has 2 heterocycles. The van der Waals surface area contributed by atoms with Crippen molar-refractivity contribution in [3.05, 3.63) is 47.5 Å². The number of thioether (sulfide) groups is 1. The number of benzene rings is 2. The Kier molecular flexibility index (Phi) is 6.34. The number of hydrogen-bond acceptors (Lipinski definition) is 7. The van der Waals surface area contributed by atoms with Crippen molar-refractivity contribution in [2.24, 2.45) is 0 Å². The van der Waals surface area contributed by atoms with Gasteiger partial charge in [-0.15, -0.1) is 11.8 Å². The number of carbonyl (C=O) groups is 2. The molecular weight excluding hydrogens is 444 g/mol. The summed E-state index contributed by atoms with van der Waals surface area (Å²) in [6.07, 6.45) is 0.334. The van der Waals surface area contributed by atoms with Gasteiger partial charge in [-0.3, -0.25) is 0 Å². The number of rotatable bonds is 6. The molecule has 2 aromatic carbocycles. The summed E-state index contributed by atoms with van der Waals surface area (Å²) in [5.74, 6) is 2.49. The Labute approximate surface area is 197 Å². The van der Waals surface area contributed by atoms with E-state index in [1.54, 1.807) is 12.1 Å². The van der Waals surface area contributed by atoms with Gasteiger partial charge in [0.1, 0.15) is 11.2 Å². The first kappa shape index (κ1) is 23.1. The third-order valence-corrected chi connectivity index (χ3v) is 5.85. The lowest BCUT2D eigenvalue weighted by Crippen LogP contribution is -2.30. The molecule has 0 atom stereocenters. The molecule has 8 nitrogen and oxygen atoms in total. The Balaban J connectivity index is 1.18. The first-order valence-corrected chi connectivity index (χ1v) is 11.9. The molecule has 0 saturated heterocycles. The number of ether oxygens (including phenoxy) is 4. The zero-order chi connectivity index (χ0) is 23.6. The maximum Gasteiger partial charge on any atom is 0.413 e. The van der Waals surface area contributed by atoms with Crippen molar-refractivity contribution in [2.75, 3.05) is 11.8 Å². The predicted octanol–water partition coefficient (Wildman–Crippen LogP) is 4.64. The third-order valence-electron chi connectivity index (χ3n) is 5.15. The summed E-state index contributed by atoms with van der Waals surface area (Å²) in [6, 6.07) is 11.0. The Morgan fingerprint density at radius 1 is 0.818 bits per heavy atom. The average Bonchev–Trinajstić information content (AvgIpc) is 3.22. The second-order valence-corrected chi connectivity index (χ2v) is 10.2. The molecule has 176 valence electrons. The van der Waals surface area contributed by atoms with Crippen molar-refractivity contribution in [1.29, 1.82) is 0 Å². The Bertz CT molecular complexity index is 985. The highest BCUT2D eigenvalue weighted by molar-refractivity contribution is 7.99. The maximum atomic E-state index is 12.1. The van der Waals surface area contributed by atoms with Crippen LogP contribution in [0.2, 0.25) is 0 Å². The summed E-state index contributed by atoms with van der Waals surface area (Å²) in [7, 11) is 0. The van der Waals surface area contributed by atoms with E-state index < -0.39 is 12.2 Å². The van der Waals surface area contributed by atoms with Crippen molar-refractivity contribution in [2.45, 2.75) is 51.7 Å². The second-order valence-electron chi connectivity index (χ2n) is 9.19. The zero-order valence-electron chi connectivity index (χ0n) is 19.2. The monoisotopic (exact) mass is 472 g/mol. The lowest BCUT2D eigenvalue weighted by molar-refractivity contribution is 0.133. The molecule has 0 spiro atoms. The average molecular weight is 473 g/mol. The number of hydrogen-bond donors (Lipinski definition) is 2. The predicted molar refractivity (Wildman–Crippen MR) is 125 cm³/mol. The second kappa shape index (κ2) is 9.05. The highest BCUT2D eigenvalue weighted by Crippen LogP contribution is 2.42. The van der Waals surface area contributed by atoms with Crippen molar-refractivity contribution in [1.82, 2.24) is 10.6 Å². The third kappa shape index (κ3) is 5.65. The summed E-state index contributed by atoms with van der Waals surface area (Å²) >= 11 is 1.30. The molecule has 0 saturated carbocycles. The molecule has 0 aliphatic carbocycles. The fourth-order valence-electron chi connectivity index (χ4n) is 3.88. The first-order chi connectivity index (χ1) is 15.6. The number of nitrogens with one attached hydrogen (secondary N) is 2. The molecule has 2 aliphatic rings. The molecule has 33 heavy (non-hydrogen) atoms. The van der Waals surface area contributed by atoms with Crippen LogP contribution in [0.1, 0.15) is 38.8 Å². The van der Waals surface area contributed by atoms with Gasteiger partial charge in [-0.2, -0.15) is 0 Å². The number of para-hydroxylation sites is 2. The molecule has 0 fully saturated rings. The van der Waals surface area contributed by atoms with E-state index in [0.29, 0.717) is 23.0 Å². The van der Waals surface area contributed by atoms with E-state index in [2.05, 4.69) is 10.6 Å². The fraction of sp³-hybridized carbons (Fsp3) is 0.417. The molecule has 0 aromatic heterocycles. The molecule has 2 N–H and O–H groups in total. The van der Waals surface area contributed by atoms with E-state index >= 15 is 0 Å². The summed E-state index contributed by atoms with van der Waals surface area (Å²) in [6.45, 7) is 7.96. The Morgan fingerprint density at radius 3 is 1.67 bits per heavy atom. The minimum absolute atomic E-state index is 0.249. The van der Waals surface area contributed by atoms with Gasteiger partial charge in [0, 0.05) is 24.0 Å². The van der Waals surface area contributed by atoms with E-state index in [0.717, 1.165) is 24.0 Å². The number of amides is 2. The van der Waals surface area contributed by atoms with Gasteiger partial charge in [-0.1, -0.05) is 24.3 Å². The zero-order valence-corrected chi connectivity index (χ0v) is 20.0. The largest absolute Gasteiger partial charge is 0.483 e. The summed E-state index contributed by atoms with van der Waals surface area (Å²) in [5, 5.41) is 5.29. The van der Waals surface area contributed by atoms with Gasteiger partial charge in [-0.25, -0.2) is 9.59 Å². The highest BCUT2D eigenvalue weighted by atomic mass is 32.2. The van der Waals surface area contributed by atoms with Crippen molar-refractivity contribution in [3.63, 3.8) is 0 Å². The standard InChI is InChI=1S/C24H28N2O6S/c1-23(2)11-15-7-5-9-17(19(15)31-23)29-21(27)25-13-33-14-26-22(28)30-18-10-6-8-16-12-24(3,4)32-20(16)18/h5-10H,11-14H2,1-4H3,(H,25,27)(H,26,28). The smallest absolute Gasteiger partial charge is 0.413 e. The van der Waals surface area contributed by atoms with Crippen LogP contribution in [0.15, 0.2) is 36.4 Å². The fourth-order valence-corrected chi connectivity index (χ4v) is 4.42. The van der Waals surface area contributed by atoms with Crippen LogP contribution in [-0.2, 0) is 12.8 Å². The number of carbonyl (C=O) groups excluding carboxylic acids is 2. The topological polar surface area (TPSA) is 95.1 Å². The SMILES string of the molecule is CC1(C)Cc2cccc(OC(=O)NCSCNC(=O)Oc3cccc4c3OC(C)(C)C4)c2O1. The van der Waals surface area contributed by atoms with Crippen LogP contribution < -0.4 is 29.6 Å². The lowest BCUT2D eigenvalue weighted by atomic mass is 10.0. The summed E-state index contributed by atoms with van der Waals surface area (Å²) in [4.78, 5) is 24.3. The van der Waals surface area contributed by atoms with Crippen molar-refractivity contribution >= 4 is 23.9 Å². The molecule has 2 amide bonds. The van der Waals surface area contributed by atoms with Gasteiger partial charge < -0.3 is 29.6 Å². The van der Waals surface area contributed by atoms with E-state index in [1.807, 2.05) is 52.0 Å². The minimum atomic E-state index is -0.591. The summed E-state index contributed by atoms with van der Waals surface area (Å²) < 4.78 is 22.6. The van der Waals surface area contributed by atoms with Gasteiger partial charge in [0.15, 0.2) is 23.0 Å². The quantitative estimate of drug-likeness (QED) is 0.467. The molecule has 2 aromatic rings. The highest BCUT2D eigenvalue weighted by Gasteiger charge is 2.33. The van der Waals surface area contributed by atoms with Gasteiger partial charge in [0.05, 0.1) is 11.8 Å². The minimum Gasteiger partial charge on any atom is -0.483 e. The van der Waals surface area contributed by atoms with E-state index in [-0.39, 0.29) is 23.0 Å². The Morgan fingerprint density at radius 2 is 1.24 bits per heavy atom. The van der Waals surface area contributed by atoms with Crippen LogP contribution in [0.3, 0.4) is 0 Å². The molecule has 0 bridgehead atoms. The first-order valence-electron chi connectivity index (χ1n) is 10.7. The lowest BCUT2D eigenvalue weighted by Gasteiger charge is -2.18. The van der Waals surface area contributed by atoms with Crippen LogP contribution >= 0.6 is 11.8 Å². The summed E-state index contributed by atoms with van der Waals surface area (Å²) in [5.41, 5.74) is 1.38. The molecule has 0 unspecified atom stereocenters. The molecule has 4 rings (SSSR count). The van der Waals surface area contributed by atoms with Gasteiger partial charge in [0.2, 0.25) is 0 Å². The molecule has 2 aliphatic heterocycles. The van der Waals surface area contributed by atoms with Crippen LogP contribution in [-0.4, -0.2) is 35.1 Å². The van der Waals surface area contributed by atoms with Crippen LogP contribution in [0.25, 0.3) is 0 Å². The molecule has 0 radical (unpaired) electrons. The van der Waals surface area contributed by atoms with E-state index in [9.17, 15) is 9.59 Å². The van der Waals surface area contributed by atoms with Crippen LogP contribution in [0.5, 0.6) is 23.0 Å². The Hall–Kier alpha value is -3.07. The normalized spacial score (nSPS) is 16.6. The molecule has 9 heteroatoms. The van der Waals surface area contributed by atoms with Crippen LogP contribution in [0, 0.1) is 0 Å². The number of fused-ring (bicyclic) bond motifs is 2. The maximum absolute atomic E-state index is 12.1. The van der Waals surface area contributed by atoms with E-state index in [4.69, 9.17) is 18.9 Å².